The summed E-state index contributed by atoms with van der Waals surface area (Å²) in [5, 5.41) is 3.24. The van der Waals surface area contributed by atoms with Crippen LogP contribution in [0.15, 0.2) is 42.5 Å². The van der Waals surface area contributed by atoms with Crippen molar-refractivity contribution in [2.24, 2.45) is 0 Å². The van der Waals surface area contributed by atoms with Gasteiger partial charge in [0.05, 0.1) is 7.11 Å². The molecule has 0 aliphatic carbocycles. The number of methoxy groups -OCH3 is 1. The first-order chi connectivity index (χ1) is 10.1. The van der Waals surface area contributed by atoms with Gasteiger partial charge >= 0.3 is 0 Å². The van der Waals surface area contributed by atoms with E-state index in [1.54, 1.807) is 7.11 Å². The predicted molar refractivity (Wildman–Crippen MR) is 86.0 cm³/mol. The van der Waals surface area contributed by atoms with Gasteiger partial charge in [0.15, 0.2) is 0 Å². The molecule has 2 rings (SSSR count). The zero-order valence-electron chi connectivity index (χ0n) is 13.1. The van der Waals surface area contributed by atoms with Gasteiger partial charge in [0.1, 0.15) is 18.1 Å². The van der Waals surface area contributed by atoms with E-state index in [-0.39, 0.29) is 0 Å². The van der Waals surface area contributed by atoms with Crippen LogP contribution < -0.4 is 14.8 Å². The maximum atomic E-state index is 5.91. The summed E-state index contributed by atoms with van der Waals surface area (Å²) in [6.45, 7) is 4.76. The van der Waals surface area contributed by atoms with E-state index in [1.807, 2.05) is 37.4 Å². The predicted octanol–water partition coefficient (Wildman–Crippen LogP) is 3.86. The van der Waals surface area contributed by atoms with Gasteiger partial charge in [0.25, 0.3) is 0 Å². The van der Waals surface area contributed by atoms with Crippen molar-refractivity contribution < 1.29 is 9.47 Å². The lowest BCUT2D eigenvalue weighted by Gasteiger charge is -2.14. The summed E-state index contributed by atoms with van der Waals surface area (Å²) in [7, 11) is 3.64. The van der Waals surface area contributed by atoms with Crippen LogP contribution in [0.1, 0.15) is 29.7 Å². The maximum Gasteiger partial charge on any atom is 0.122 e. The van der Waals surface area contributed by atoms with Crippen LogP contribution in [0.4, 0.5) is 0 Å². The van der Waals surface area contributed by atoms with E-state index in [9.17, 15) is 0 Å². The van der Waals surface area contributed by atoms with E-state index in [2.05, 4.69) is 31.3 Å². The van der Waals surface area contributed by atoms with E-state index >= 15 is 0 Å². The van der Waals surface area contributed by atoms with Crippen LogP contribution in [-0.4, -0.2) is 14.2 Å². The molecule has 2 aromatic rings. The van der Waals surface area contributed by atoms with Crippen LogP contribution in [0.5, 0.6) is 11.5 Å². The van der Waals surface area contributed by atoms with Crippen molar-refractivity contribution in [2.75, 3.05) is 14.2 Å². The normalized spacial score (nSPS) is 12.0. The Labute approximate surface area is 126 Å². The third kappa shape index (κ3) is 3.99. The van der Waals surface area contributed by atoms with Gasteiger partial charge in [-0.05, 0) is 55.8 Å². The van der Waals surface area contributed by atoms with Crippen molar-refractivity contribution in [3.63, 3.8) is 0 Å². The van der Waals surface area contributed by atoms with Crippen LogP contribution >= 0.6 is 0 Å². The van der Waals surface area contributed by atoms with Gasteiger partial charge in [0, 0.05) is 6.04 Å². The fraction of sp³-hybridized carbons (Fsp3) is 0.333. The summed E-state index contributed by atoms with van der Waals surface area (Å²) < 4.78 is 11.1. The highest BCUT2D eigenvalue weighted by Gasteiger charge is 2.06. The Balaban J connectivity index is 2.06. The minimum absolute atomic E-state index is 0.344. The Morgan fingerprint density at radius 2 is 1.95 bits per heavy atom. The van der Waals surface area contributed by atoms with Crippen LogP contribution in [0.3, 0.4) is 0 Å². The highest BCUT2D eigenvalue weighted by molar-refractivity contribution is 5.37. The number of aryl methyl sites for hydroxylation is 1. The summed E-state index contributed by atoms with van der Waals surface area (Å²) in [4.78, 5) is 0. The molecule has 0 aliphatic heterocycles. The summed E-state index contributed by atoms with van der Waals surface area (Å²) in [5.41, 5.74) is 3.52. The molecule has 1 unspecified atom stereocenters. The maximum absolute atomic E-state index is 5.91. The van der Waals surface area contributed by atoms with Crippen molar-refractivity contribution in [1.29, 1.82) is 0 Å². The number of ether oxygens (including phenoxy) is 2. The Morgan fingerprint density at radius 1 is 1.14 bits per heavy atom. The van der Waals surface area contributed by atoms with Gasteiger partial charge < -0.3 is 14.8 Å². The molecule has 0 saturated carbocycles. The van der Waals surface area contributed by atoms with Crippen LogP contribution in [0.25, 0.3) is 0 Å². The Kier molecular flexibility index (Phi) is 5.23. The summed E-state index contributed by atoms with van der Waals surface area (Å²) in [6, 6.07) is 14.6. The molecule has 0 heterocycles. The zero-order valence-corrected chi connectivity index (χ0v) is 13.1. The lowest BCUT2D eigenvalue weighted by atomic mass is 10.1. The van der Waals surface area contributed by atoms with Crippen molar-refractivity contribution in [3.8, 4) is 11.5 Å². The third-order valence-corrected chi connectivity index (χ3v) is 3.66. The molecular formula is C18H23NO2. The fourth-order valence-electron chi connectivity index (χ4n) is 2.19. The lowest BCUT2D eigenvalue weighted by molar-refractivity contribution is 0.303. The number of nitrogens with one attached hydrogen (secondary N) is 1. The molecule has 0 amide bonds. The number of rotatable bonds is 6. The fourth-order valence-corrected chi connectivity index (χ4v) is 2.19. The first kappa shape index (κ1) is 15.4. The van der Waals surface area contributed by atoms with Gasteiger partial charge in [-0.3, -0.25) is 0 Å². The molecule has 0 fully saturated rings. The molecule has 0 aliphatic rings. The molecule has 1 N–H and O–H groups in total. The van der Waals surface area contributed by atoms with Crippen molar-refractivity contribution in [1.82, 2.24) is 5.32 Å². The van der Waals surface area contributed by atoms with Crippen LogP contribution in [0.2, 0.25) is 0 Å². The van der Waals surface area contributed by atoms with Gasteiger partial charge in [-0.2, -0.15) is 0 Å². The van der Waals surface area contributed by atoms with Crippen LogP contribution in [0, 0.1) is 6.92 Å². The highest BCUT2D eigenvalue weighted by Crippen LogP contribution is 2.24. The molecular weight excluding hydrogens is 262 g/mol. The molecule has 2 aromatic carbocycles. The SMILES string of the molecule is CNC(C)c1ccc(OCc2cccc(OC)c2)c(C)c1. The monoisotopic (exact) mass is 285 g/mol. The Hall–Kier alpha value is -2.00. The smallest absolute Gasteiger partial charge is 0.122 e. The number of benzene rings is 2. The molecule has 3 nitrogen and oxygen atoms in total. The second-order valence-corrected chi connectivity index (χ2v) is 5.18. The summed E-state index contributed by atoms with van der Waals surface area (Å²) in [6.07, 6.45) is 0. The van der Waals surface area contributed by atoms with E-state index in [0.29, 0.717) is 12.6 Å². The second kappa shape index (κ2) is 7.14. The van der Waals surface area contributed by atoms with Gasteiger partial charge in [-0.15, -0.1) is 0 Å². The van der Waals surface area contributed by atoms with E-state index in [4.69, 9.17) is 9.47 Å². The molecule has 3 heteroatoms. The first-order valence-corrected chi connectivity index (χ1v) is 7.17. The largest absolute Gasteiger partial charge is 0.497 e. The lowest BCUT2D eigenvalue weighted by Crippen LogP contribution is -2.12. The van der Waals surface area contributed by atoms with E-state index in [1.165, 1.54) is 5.56 Å². The zero-order chi connectivity index (χ0) is 15.2. The minimum Gasteiger partial charge on any atom is -0.497 e. The molecule has 1 atom stereocenters. The first-order valence-electron chi connectivity index (χ1n) is 7.17. The third-order valence-electron chi connectivity index (χ3n) is 3.66. The molecule has 0 spiro atoms. The Bertz CT molecular complexity index is 596. The number of hydrogen-bond acceptors (Lipinski definition) is 3. The molecule has 0 bridgehead atoms. The summed E-state index contributed by atoms with van der Waals surface area (Å²) in [5.74, 6) is 1.77. The summed E-state index contributed by atoms with van der Waals surface area (Å²) >= 11 is 0. The Morgan fingerprint density at radius 3 is 2.62 bits per heavy atom. The van der Waals surface area contributed by atoms with Crippen molar-refractivity contribution >= 4 is 0 Å². The van der Waals surface area contributed by atoms with Gasteiger partial charge in [-0.25, -0.2) is 0 Å². The average molecular weight is 285 g/mol. The minimum atomic E-state index is 0.344. The molecule has 0 aromatic heterocycles. The van der Waals surface area contributed by atoms with Crippen LogP contribution in [-0.2, 0) is 6.61 Å². The molecule has 0 radical (unpaired) electrons. The standard InChI is InChI=1S/C18H23NO2/c1-13-10-16(14(2)19-3)8-9-18(13)21-12-15-6-5-7-17(11-15)20-4/h5-11,14,19H,12H2,1-4H3. The average Bonchev–Trinajstić information content (AvgIpc) is 2.53. The molecule has 112 valence electrons. The quantitative estimate of drug-likeness (QED) is 0.874. The van der Waals surface area contributed by atoms with Crippen molar-refractivity contribution in [2.45, 2.75) is 26.5 Å². The van der Waals surface area contributed by atoms with Gasteiger partial charge in [0.2, 0.25) is 0 Å². The number of hydrogen-bond donors (Lipinski definition) is 1. The van der Waals surface area contributed by atoms with E-state index in [0.717, 1.165) is 22.6 Å². The molecule has 0 saturated heterocycles. The topological polar surface area (TPSA) is 30.5 Å². The van der Waals surface area contributed by atoms with E-state index < -0.39 is 0 Å². The van der Waals surface area contributed by atoms with Gasteiger partial charge in [-0.1, -0.05) is 24.3 Å². The second-order valence-electron chi connectivity index (χ2n) is 5.18. The molecule has 21 heavy (non-hydrogen) atoms. The van der Waals surface area contributed by atoms with Crippen molar-refractivity contribution in [3.05, 3.63) is 59.2 Å². The highest BCUT2D eigenvalue weighted by atomic mass is 16.5.